The molecule has 1 aromatic heterocycles. The Bertz CT molecular complexity index is 672. The van der Waals surface area contributed by atoms with Gasteiger partial charge in [-0.1, -0.05) is 6.07 Å². The zero-order chi connectivity index (χ0) is 15.9. The van der Waals surface area contributed by atoms with Crippen molar-refractivity contribution in [3.05, 3.63) is 51.8 Å². The molecule has 1 heterocycles. The number of nitrogens with zero attached hydrogens (tertiary/aromatic N) is 2. The van der Waals surface area contributed by atoms with Gasteiger partial charge in [0.2, 0.25) is 0 Å². The van der Waals surface area contributed by atoms with Crippen molar-refractivity contribution in [2.75, 3.05) is 0 Å². The summed E-state index contributed by atoms with van der Waals surface area (Å²) < 4.78 is 39.9. The van der Waals surface area contributed by atoms with E-state index in [-0.39, 0.29) is 0 Å². The standard InChI is InChI=1S/C15H18F3N3/c1-8-7-11(15(16,17)18)5-6-12(8)14(19)13-9(2)20-21(4)10(13)3/h5-7,14H,19H2,1-4H3. The van der Waals surface area contributed by atoms with Crippen LogP contribution in [0, 0.1) is 20.8 Å². The first-order valence-corrected chi connectivity index (χ1v) is 6.56. The summed E-state index contributed by atoms with van der Waals surface area (Å²) in [7, 11) is 1.82. The fourth-order valence-corrected chi connectivity index (χ4v) is 2.60. The van der Waals surface area contributed by atoms with Gasteiger partial charge in [0.25, 0.3) is 0 Å². The Morgan fingerprint density at radius 1 is 1.19 bits per heavy atom. The lowest BCUT2D eigenvalue weighted by molar-refractivity contribution is -0.137. The lowest BCUT2D eigenvalue weighted by atomic mass is 9.93. The van der Waals surface area contributed by atoms with Gasteiger partial charge < -0.3 is 5.73 Å². The molecule has 21 heavy (non-hydrogen) atoms. The summed E-state index contributed by atoms with van der Waals surface area (Å²) in [5.74, 6) is 0. The van der Waals surface area contributed by atoms with E-state index in [0.717, 1.165) is 29.1 Å². The third kappa shape index (κ3) is 2.81. The van der Waals surface area contributed by atoms with E-state index in [4.69, 9.17) is 5.73 Å². The first-order valence-electron chi connectivity index (χ1n) is 6.56. The van der Waals surface area contributed by atoms with Crippen LogP contribution in [0.2, 0.25) is 0 Å². The molecule has 0 aliphatic heterocycles. The van der Waals surface area contributed by atoms with Crippen molar-refractivity contribution in [2.24, 2.45) is 12.8 Å². The molecule has 0 amide bonds. The van der Waals surface area contributed by atoms with Crippen LogP contribution in [-0.4, -0.2) is 9.78 Å². The fraction of sp³-hybridized carbons (Fsp3) is 0.400. The van der Waals surface area contributed by atoms with E-state index in [0.29, 0.717) is 11.1 Å². The highest BCUT2D eigenvalue weighted by atomic mass is 19.4. The van der Waals surface area contributed by atoms with Crippen LogP contribution in [0.25, 0.3) is 0 Å². The number of rotatable bonds is 2. The van der Waals surface area contributed by atoms with Gasteiger partial charge in [-0.2, -0.15) is 18.3 Å². The second-order valence-electron chi connectivity index (χ2n) is 5.25. The number of alkyl halides is 3. The van der Waals surface area contributed by atoms with Gasteiger partial charge in [0, 0.05) is 18.3 Å². The molecule has 2 N–H and O–H groups in total. The second kappa shape index (κ2) is 5.18. The largest absolute Gasteiger partial charge is 0.416 e. The van der Waals surface area contributed by atoms with Crippen molar-refractivity contribution in [3.8, 4) is 0 Å². The van der Waals surface area contributed by atoms with Crippen LogP contribution in [0.15, 0.2) is 18.2 Å². The highest BCUT2D eigenvalue weighted by Gasteiger charge is 2.31. The normalized spacial score (nSPS) is 13.5. The SMILES string of the molecule is Cc1cc(C(F)(F)F)ccc1C(N)c1c(C)nn(C)c1C. The van der Waals surface area contributed by atoms with Gasteiger partial charge in [-0.3, -0.25) is 4.68 Å². The quantitative estimate of drug-likeness (QED) is 0.923. The van der Waals surface area contributed by atoms with Crippen LogP contribution < -0.4 is 5.73 Å². The van der Waals surface area contributed by atoms with Gasteiger partial charge in [-0.05, 0) is 44.0 Å². The molecule has 114 valence electrons. The molecule has 1 aromatic carbocycles. The van der Waals surface area contributed by atoms with Gasteiger partial charge in [0.15, 0.2) is 0 Å². The fourth-order valence-electron chi connectivity index (χ4n) is 2.60. The molecule has 1 unspecified atom stereocenters. The molecule has 0 fully saturated rings. The van der Waals surface area contributed by atoms with E-state index < -0.39 is 17.8 Å². The van der Waals surface area contributed by atoms with Crippen LogP contribution in [0.4, 0.5) is 13.2 Å². The molecule has 3 nitrogen and oxygen atoms in total. The number of hydrogen-bond acceptors (Lipinski definition) is 2. The van der Waals surface area contributed by atoms with Gasteiger partial charge in [-0.15, -0.1) is 0 Å². The van der Waals surface area contributed by atoms with Crippen molar-refractivity contribution in [1.82, 2.24) is 9.78 Å². The highest BCUT2D eigenvalue weighted by Crippen LogP contribution is 2.33. The maximum atomic E-state index is 12.7. The third-order valence-electron chi connectivity index (χ3n) is 3.81. The summed E-state index contributed by atoms with van der Waals surface area (Å²) in [6.07, 6.45) is -4.34. The topological polar surface area (TPSA) is 43.8 Å². The molecule has 1 atom stereocenters. The minimum absolute atomic E-state index is 0.485. The molecule has 0 saturated heterocycles. The average molecular weight is 297 g/mol. The van der Waals surface area contributed by atoms with E-state index in [9.17, 15) is 13.2 Å². The van der Waals surface area contributed by atoms with E-state index in [1.165, 1.54) is 6.07 Å². The monoisotopic (exact) mass is 297 g/mol. The van der Waals surface area contributed by atoms with E-state index >= 15 is 0 Å². The predicted octanol–water partition coefficient (Wildman–Crippen LogP) is 3.41. The molecule has 0 aliphatic carbocycles. The predicted molar refractivity (Wildman–Crippen MR) is 74.9 cm³/mol. The van der Waals surface area contributed by atoms with Crippen molar-refractivity contribution >= 4 is 0 Å². The Labute approximate surface area is 121 Å². The molecule has 6 heteroatoms. The maximum absolute atomic E-state index is 12.7. The highest BCUT2D eigenvalue weighted by molar-refractivity contribution is 5.42. The molecule has 2 aromatic rings. The Morgan fingerprint density at radius 2 is 1.81 bits per heavy atom. The summed E-state index contributed by atoms with van der Waals surface area (Å²) in [6, 6.07) is 3.18. The number of nitrogens with two attached hydrogens (primary N) is 1. The molecule has 0 spiro atoms. The Hall–Kier alpha value is -1.82. The third-order valence-corrected chi connectivity index (χ3v) is 3.81. The van der Waals surface area contributed by atoms with Gasteiger partial charge in [0.1, 0.15) is 0 Å². The van der Waals surface area contributed by atoms with Crippen LogP contribution in [-0.2, 0) is 13.2 Å². The summed E-state index contributed by atoms with van der Waals surface area (Å²) >= 11 is 0. The molecule has 0 radical (unpaired) electrons. The van der Waals surface area contributed by atoms with Crippen molar-refractivity contribution < 1.29 is 13.2 Å². The molecule has 0 aliphatic rings. The summed E-state index contributed by atoms with van der Waals surface area (Å²) in [5.41, 5.74) is 9.38. The average Bonchev–Trinajstić information content (AvgIpc) is 2.61. The van der Waals surface area contributed by atoms with E-state index in [1.54, 1.807) is 11.6 Å². The Kier molecular flexibility index (Phi) is 3.84. The first-order chi connectivity index (χ1) is 9.62. The first kappa shape index (κ1) is 15.6. The van der Waals surface area contributed by atoms with Crippen molar-refractivity contribution in [1.29, 1.82) is 0 Å². The molecule has 2 rings (SSSR count). The summed E-state index contributed by atoms with van der Waals surface area (Å²) in [5, 5.41) is 4.30. The molecule has 0 bridgehead atoms. The van der Waals surface area contributed by atoms with Crippen molar-refractivity contribution in [3.63, 3.8) is 0 Å². The number of aryl methyl sites for hydroxylation is 3. The van der Waals surface area contributed by atoms with Crippen LogP contribution in [0.5, 0.6) is 0 Å². The number of benzene rings is 1. The summed E-state index contributed by atoms with van der Waals surface area (Å²) in [6.45, 7) is 5.39. The van der Waals surface area contributed by atoms with Gasteiger partial charge >= 0.3 is 6.18 Å². The summed E-state index contributed by atoms with van der Waals surface area (Å²) in [4.78, 5) is 0. The maximum Gasteiger partial charge on any atom is 0.416 e. The van der Waals surface area contributed by atoms with E-state index in [1.807, 2.05) is 20.9 Å². The zero-order valence-corrected chi connectivity index (χ0v) is 12.4. The Balaban J connectivity index is 2.47. The minimum atomic E-state index is -4.34. The molecule has 0 saturated carbocycles. The number of hydrogen-bond donors (Lipinski definition) is 1. The van der Waals surface area contributed by atoms with Crippen LogP contribution in [0.3, 0.4) is 0 Å². The Morgan fingerprint density at radius 3 is 2.24 bits per heavy atom. The van der Waals surface area contributed by atoms with Gasteiger partial charge in [0.05, 0.1) is 17.3 Å². The lowest BCUT2D eigenvalue weighted by Gasteiger charge is -2.17. The number of halogens is 3. The lowest BCUT2D eigenvalue weighted by Crippen LogP contribution is -2.16. The zero-order valence-electron chi connectivity index (χ0n) is 12.4. The smallest absolute Gasteiger partial charge is 0.320 e. The van der Waals surface area contributed by atoms with E-state index in [2.05, 4.69) is 5.10 Å². The van der Waals surface area contributed by atoms with Gasteiger partial charge in [-0.25, -0.2) is 0 Å². The van der Waals surface area contributed by atoms with Crippen LogP contribution in [0.1, 0.15) is 39.7 Å². The minimum Gasteiger partial charge on any atom is -0.320 e. The van der Waals surface area contributed by atoms with Crippen LogP contribution >= 0.6 is 0 Å². The molecular weight excluding hydrogens is 279 g/mol. The molecular formula is C15H18F3N3. The number of aromatic nitrogens is 2. The second-order valence-corrected chi connectivity index (χ2v) is 5.25. The van der Waals surface area contributed by atoms with Crippen molar-refractivity contribution in [2.45, 2.75) is 33.0 Å².